The lowest BCUT2D eigenvalue weighted by atomic mass is 10.1. The summed E-state index contributed by atoms with van der Waals surface area (Å²) >= 11 is 0. The van der Waals surface area contributed by atoms with Crippen molar-refractivity contribution in [3.8, 4) is 0 Å². The highest BCUT2D eigenvalue weighted by molar-refractivity contribution is 5.84. The average molecular weight is 250 g/mol. The molecule has 1 aromatic rings. The highest BCUT2D eigenvalue weighted by Crippen LogP contribution is 2.13. The van der Waals surface area contributed by atoms with E-state index in [9.17, 15) is 9.59 Å². The molecule has 18 heavy (non-hydrogen) atoms. The number of hydrogen-bond donors (Lipinski definition) is 2. The molecule has 0 radical (unpaired) electrons. The van der Waals surface area contributed by atoms with Gasteiger partial charge in [0.25, 0.3) is 0 Å². The highest BCUT2D eigenvalue weighted by atomic mass is 16.5. The Bertz CT molecular complexity index is 404. The number of amides is 2. The van der Waals surface area contributed by atoms with Crippen molar-refractivity contribution in [1.29, 1.82) is 0 Å². The van der Waals surface area contributed by atoms with Gasteiger partial charge in [0.1, 0.15) is 0 Å². The monoisotopic (exact) mass is 250 g/mol. The summed E-state index contributed by atoms with van der Waals surface area (Å²) in [6.07, 6.45) is 0. The van der Waals surface area contributed by atoms with Gasteiger partial charge in [0.15, 0.2) is 6.04 Å². The number of ether oxygens (including phenoxy) is 1. The summed E-state index contributed by atoms with van der Waals surface area (Å²) < 4.78 is 4.69. The predicted molar refractivity (Wildman–Crippen MR) is 68.0 cm³/mol. The summed E-state index contributed by atoms with van der Waals surface area (Å²) in [6.45, 7) is 3.69. The van der Waals surface area contributed by atoms with E-state index in [1.54, 1.807) is 24.3 Å². The third-order valence-electron chi connectivity index (χ3n) is 2.26. The Morgan fingerprint density at radius 2 is 1.72 bits per heavy atom. The first kappa shape index (κ1) is 14.0. The largest absolute Gasteiger partial charge is 0.467 e. The minimum absolute atomic E-state index is 0.000861. The maximum Gasteiger partial charge on any atom is 0.333 e. The second-order valence-corrected chi connectivity index (χ2v) is 4.14. The van der Waals surface area contributed by atoms with Gasteiger partial charge < -0.3 is 15.4 Å². The molecule has 0 aliphatic carbocycles. The van der Waals surface area contributed by atoms with Gasteiger partial charge in [-0.05, 0) is 19.4 Å². The minimum Gasteiger partial charge on any atom is -0.467 e. The lowest BCUT2D eigenvalue weighted by Crippen LogP contribution is -2.43. The third-order valence-corrected chi connectivity index (χ3v) is 2.26. The van der Waals surface area contributed by atoms with Crippen LogP contribution < -0.4 is 10.6 Å². The summed E-state index contributed by atoms with van der Waals surface area (Å²) in [7, 11) is 1.29. The van der Waals surface area contributed by atoms with E-state index in [-0.39, 0.29) is 6.04 Å². The van der Waals surface area contributed by atoms with Crippen LogP contribution >= 0.6 is 0 Å². The number of urea groups is 1. The van der Waals surface area contributed by atoms with E-state index in [4.69, 9.17) is 4.74 Å². The summed E-state index contributed by atoms with van der Waals surface area (Å²) in [5, 5.41) is 5.25. The number of hydrogen-bond acceptors (Lipinski definition) is 3. The molecule has 5 heteroatoms. The number of nitrogens with one attached hydrogen (secondary N) is 2. The first-order chi connectivity index (χ1) is 8.54. The molecule has 98 valence electrons. The van der Waals surface area contributed by atoms with Gasteiger partial charge in [-0.2, -0.15) is 0 Å². The Hall–Kier alpha value is -2.04. The van der Waals surface area contributed by atoms with Crippen LogP contribution in [-0.4, -0.2) is 25.2 Å². The molecule has 0 bridgehead atoms. The van der Waals surface area contributed by atoms with Gasteiger partial charge in [-0.1, -0.05) is 30.3 Å². The normalized spacial score (nSPS) is 11.8. The maximum absolute atomic E-state index is 11.7. The van der Waals surface area contributed by atoms with Crippen LogP contribution in [0.3, 0.4) is 0 Å². The van der Waals surface area contributed by atoms with Crippen molar-refractivity contribution in [2.75, 3.05) is 7.11 Å². The maximum atomic E-state index is 11.7. The molecule has 1 aromatic carbocycles. The molecule has 0 fully saturated rings. The van der Waals surface area contributed by atoms with Gasteiger partial charge in [-0.15, -0.1) is 0 Å². The van der Waals surface area contributed by atoms with Crippen molar-refractivity contribution in [3.63, 3.8) is 0 Å². The highest BCUT2D eigenvalue weighted by Gasteiger charge is 2.23. The van der Waals surface area contributed by atoms with Gasteiger partial charge in [-0.3, -0.25) is 0 Å². The van der Waals surface area contributed by atoms with Crippen LogP contribution in [0.2, 0.25) is 0 Å². The molecule has 0 heterocycles. The number of rotatable bonds is 4. The van der Waals surface area contributed by atoms with Crippen LogP contribution in [0, 0.1) is 0 Å². The molecule has 0 aliphatic rings. The zero-order valence-corrected chi connectivity index (χ0v) is 10.8. The van der Waals surface area contributed by atoms with Crippen molar-refractivity contribution in [3.05, 3.63) is 35.9 Å². The van der Waals surface area contributed by atoms with Gasteiger partial charge in [0.2, 0.25) is 0 Å². The summed E-state index contributed by atoms with van der Waals surface area (Å²) in [4.78, 5) is 23.3. The van der Waals surface area contributed by atoms with Crippen LogP contribution in [0.5, 0.6) is 0 Å². The number of benzene rings is 1. The van der Waals surface area contributed by atoms with E-state index in [1.165, 1.54) is 7.11 Å². The second kappa shape index (κ2) is 6.64. The Morgan fingerprint density at radius 3 is 2.22 bits per heavy atom. The molecule has 2 amide bonds. The van der Waals surface area contributed by atoms with Crippen LogP contribution in [0.25, 0.3) is 0 Å². The molecule has 2 N–H and O–H groups in total. The molecule has 0 saturated heterocycles. The predicted octanol–water partition coefficient (Wildman–Crippen LogP) is 1.61. The first-order valence-corrected chi connectivity index (χ1v) is 5.74. The van der Waals surface area contributed by atoms with Crippen LogP contribution in [-0.2, 0) is 9.53 Å². The molecular weight excluding hydrogens is 232 g/mol. The van der Waals surface area contributed by atoms with E-state index in [2.05, 4.69) is 10.6 Å². The fraction of sp³-hybridized carbons (Fsp3) is 0.385. The standard InChI is InChI=1S/C13H18N2O3/c1-9(2)14-13(17)15-11(12(16)18-3)10-7-5-4-6-8-10/h4-9,11H,1-3H3,(H2,14,15,17). The fourth-order valence-corrected chi connectivity index (χ4v) is 1.48. The SMILES string of the molecule is COC(=O)C(NC(=O)NC(C)C)c1ccccc1. The lowest BCUT2D eigenvalue weighted by Gasteiger charge is -2.18. The fourth-order valence-electron chi connectivity index (χ4n) is 1.48. The quantitative estimate of drug-likeness (QED) is 0.798. The number of carbonyl (C=O) groups is 2. The third kappa shape index (κ3) is 4.08. The van der Waals surface area contributed by atoms with E-state index >= 15 is 0 Å². The zero-order chi connectivity index (χ0) is 13.5. The van der Waals surface area contributed by atoms with Crippen molar-refractivity contribution in [2.45, 2.75) is 25.9 Å². The van der Waals surface area contributed by atoms with Crippen LogP contribution in [0.4, 0.5) is 4.79 Å². The molecule has 0 spiro atoms. The van der Waals surface area contributed by atoms with E-state index < -0.39 is 18.0 Å². The Kier molecular flexibility index (Phi) is 5.17. The topological polar surface area (TPSA) is 67.4 Å². The number of carbonyl (C=O) groups excluding carboxylic acids is 2. The Balaban J connectivity index is 2.80. The van der Waals surface area contributed by atoms with Gasteiger partial charge in [0.05, 0.1) is 7.11 Å². The van der Waals surface area contributed by atoms with Gasteiger partial charge in [-0.25, -0.2) is 9.59 Å². The summed E-state index contributed by atoms with van der Waals surface area (Å²) in [6, 6.07) is 7.76. The van der Waals surface area contributed by atoms with E-state index in [1.807, 2.05) is 19.9 Å². The molecule has 1 unspecified atom stereocenters. The van der Waals surface area contributed by atoms with Crippen molar-refractivity contribution in [1.82, 2.24) is 10.6 Å². The molecule has 1 atom stereocenters. The van der Waals surface area contributed by atoms with Crippen LogP contribution in [0.1, 0.15) is 25.5 Å². The minimum atomic E-state index is -0.796. The molecule has 0 aromatic heterocycles. The molecule has 1 rings (SSSR count). The first-order valence-electron chi connectivity index (χ1n) is 5.74. The number of esters is 1. The van der Waals surface area contributed by atoms with Gasteiger partial charge >= 0.3 is 12.0 Å². The van der Waals surface area contributed by atoms with Gasteiger partial charge in [0, 0.05) is 6.04 Å². The Morgan fingerprint density at radius 1 is 1.11 bits per heavy atom. The van der Waals surface area contributed by atoms with E-state index in [0.29, 0.717) is 5.56 Å². The lowest BCUT2D eigenvalue weighted by molar-refractivity contribution is -0.143. The molecule has 5 nitrogen and oxygen atoms in total. The molecule has 0 saturated carbocycles. The average Bonchev–Trinajstić information content (AvgIpc) is 2.35. The summed E-state index contributed by atoms with van der Waals surface area (Å²) in [5.41, 5.74) is 0.684. The number of methoxy groups -OCH3 is 1. The summed E-state index contributed by atoms with van der Waals surface area (Å²) in [5.74, 6) is -0.500. The van der Waals surface area contributed by atoms with Crippen molar-refractivity contribution < 1.29 is 14.3 Å². The van der Waals surface area contributed by atoms with Crippen molar-refractivity contribution in [2.24, 2.45) is 0 Å². The smallest absolute Gasteiger partial charge is 0.333 e. The van der Waals surface area contributed by atoms with Crippen LogP contribution in [0.15, 0.2) is 30.3 Å². The molecular formula is C13H18N2O3. The zero-order valence-electron chi connectivity index (χ0n) is 10.8. The second-order valence-electron chi connectivity index (χ2n) is 4.14. The molecule has 0 aliphatic heterocycles. The Labute approximate surface area is 107 Å². The van der Waals surface area contributed by atoms with E-state index in [0.717, 1.165) is 0 Å². The van der Waals surface area contributed by atoms with Crippen molar-refractivity contribution >= 4 is 12.0 Å².